The number of rotatable bonds is 5. The van der Waals surface area contributed by atoms with Crippen LogP contribution in [0.5, 0.6) is 0 Å². The van der Waals surface area contributed by atoms with E-state index in [1.165, 1.54) is 18.5 Å². The van der Waals surface area contributed by atoms with Gasteiger partial charge in [-0.2, -0.15) is 0 Å². The van der Waals surface area contributed by atoms with Crippen LogP contribution in [0.25, 0.3) is 0 Å². The molecule has 2 aromatic carbocycles. The minimum atomic E-state index is -0.491. The summed E-state index contributed by atoms with van der Waals surface area (Å²) >= 11 is 23.9. The Bertz CT molecular complexity index is 1050. The summed E-state index contributed by atoms with van der Waals surface area (Å²) in [6.07, 6.45) is 1.27. The predicted molar refractivity (Wildman–Crippen MR) is 114 cm³/mol. The van der Waals surface area contributed by atoms with E-state index >= 15 is 0 Å². The number of carbonyl (C=O) groups is 1. The summed E-state index contributed by atoms with van der Waals surface area (Å²) in [5.41, 5.74) is 12.1. The molecule has 1 amide bonds. The zero-order valence-corrected chi connectivity index (χ0v) is 17.0. The van der Waals surface area contributed by atoms with Crippen molar-refractivity contribution in [1.82, 2.24) is 15.4 Å². The summed E-state index contributed by atoms with van der Waals surface area (Å²) in [5, 5.41) is 4.51. The quantitative estimate of drug-likeness (QED) is 0.394. The fraction of sp³-hybridized carbons (Fsp3) is 0. The summed E-state index contributed by atoms with van der Waals surface area (Å²) in [7, 11) is 0. The van der Waals surface area contributed by atoms with E-state index in [0.29, 0.717) is 26.6 Å². The first-order valence-electron chi connectivity index (χ1n) is 7.69. The van der Waals surface area contributed by atoms with Crippen LogP contribution < -0.4 is 21.9 Å². The number of hydrazine groups is 1. The first-order chi connectivity index (χ1) is 13.3. The van der Waals surface area contributed by atoms with E-state index in [0.717, 1.165) is 0 Å². The Balaban J connectivity index is 1.75. The molecule has 0 fully saturated rings. The van der Waals surface area contributed by atoms with E-state index in [4.69, 9.17) is 52.1 Å². The average molecular weight is 458 g/mol. The van der Waals surface area contributed by atoms with Gasteiger partial charge in [0.1, 0.15) is 12.0 Å². The number of aromatic nitrogens is 2. The predicted octanol–water partition coefficient (Wildman–Crippen LogP) is 5.17. The normalized spacial score (nSPS) is 10.4. The summed E-state index contributed by atoms with van der Waals surface area (Å²) in [6.45, 7) is 0. The second-order valence-corrected chi connectivity index (χ2v) is 7.12. The average Bonchev–Trinajstić information content (AvgIpc) is 2.64. The molecule has 0 aliphatic heterocycles. The minimum absolute atomic E-state index is 0.163. The van der Waals surface area contributed by atoms with Gasteiger partial charge in [-0.1, -0.05) is 46.4 Å². The van der Waals surface area contributed by atoms with E-state index in [1.807, 2.05) is 0 Å². The number of nitrogens with two attached hydrogens (primary N) is 1. The van der Waals surface area contributed by atoms with E-state index in [9.17, 15) is 4.79 Å². The number of nitrogens with one attached hydrogen (secondary N) is 3. The Morgan fingerprint density at radius 3 is 2.21 bits per heavy atom. The van der Waals surface area contributed by atoms with Gasteiger partial charge in [0, 0.05) is 10.0 Å². The molecule has 3 rings (SSSR count). The molecule has 0 aliphatic carbocycles. The molecule has 0 radical (unpaired) electrons. The standard InChI is InChI=1S/C17H12Cl4N6O/c18-8-1-3-10(11(20)5-8)17(28)27-26-16-14(22)15(23-7-24-16)25-13-4-2-9(19)6-12(13)21/h1-7H,22H2,(H,27,28)(H2,23,24,25,26). The highest BCUT2D eigenvalue weighted by molar-refractivity contribution is 6.37. The van der Waals surface area contributed by atoms with Crippen molar-refractivity contribution in [2.75, 3.05) is 16.5 Å². The molecule has 1 heterocycles. The maximum absolute atomic E-state index is 12.3. The van der Waals surface area contributed by atoms with E-state index in [-0.39, 0.29) is 22.1 Å². The number of amides is 1. The molecule has 5 N–H and O–H groups in total. The lowest BCUT2D eigenvalue weighted by molar-refractivity contribution is 0.0962. The lowest BCUT2D eigenvalue weighted by Gasteiger charge is -2.14. The molecule has 28 heavy (non-hydrogen) atoms. The molecule has 0 bridgehead atoms. The molecule has 0 saturated carbocycles. The number of anilines is 4. The van der Waals surface area contributed by atoms with Crippen molar-refractivity contribution >= 4 is 75.3 Å². The van der Waals surface area contributed by atoms with E-state index in [2.05, 4.69) is 26.1 Å². The van der Waals surface area contributed by atoms with Crippen LogP contribution in [0.15, 0.2) is 42.7 Å². The molecule has 11 heteroatoms. The van der Waals surface area contributed by atoms with Crippen molar-refractivity contribution in [3.63, 3.8) is 0 Å². The third kappa shape index (κ3) is 4.69. The van der Waals surface area contributed by atoms with Crippen LogP contribution in [0.3, 0.4) is 0 Å². The van der Waals surface area contributed by atoms with Gasteiger partial charge >= 0.3 is 0 Å². The monoisotopic (exact) mass is 456 g/mol. The maximum atomic E-state index is 12.3. The summed E-state index contributed by atoms with van der Waals surface area (Å²) in [4.78, 5) is 20.4. The van der Waals surface area contributed by atoms with Gasteiger partial charge in [0.25, 0.3) is 5.91 Å². The molecule has 0 atom stereocenters. The van der Waals surface area contributed by atoms with E-state index in [1.54, 1.807) is 24.3 Å². The first kappa shape index (κ1) is 20.3. The van der Waals surface area contributed by atoms with Gasteiger partial charge in [-0.05, 0) is 36.4 Å². The summed E-state index contributed by atoms with van der Waals surface area (Å²) in [5.74, 6) is -0.0172. The molecule has 0 spiro atoms. The van der Waals surface area contributed by atoms with Gasteiger partial charge in [-0.3, -0.25) is 15.6 Å². The number of benzene rings is 2. The summed E-state index contributed by atoms with van der Waals surface area (Å²) in [6, 6.07) is 9.46. The molecular weight excluding hydrogens is 446 g/mol. The number of nitrogens with zero attached hydrogens (tertiary/aromatic N) is 2. The van der Waals surface area contributed by atoms with Crippen molar-refractivity contribution < 1.29 is 4.79 Å². The highest BCUT2D eigenvalue weighted by atomic mass is 35.5. The number of halogens is 4. The van der Waals surface area contributed by atoms with Crippen molar-refractivity contribution in [1.29, 1.82) is 0 Å². The van der Waals surface area contributed by atoms with Gasteiger partial charge < -0.3 is 11.1 Å². The largest absolute Gasteiger partial charge is 0.393 e. The topological polar surface area (TPSA) is 105 Å². The SMILES string of the molecule is Nc1c(NNC(=O)c2ccc(Cl)cc2Cl)ncnc1Nc1ccc(Cl)cc1Cl. The van der Waals surface area contributed by atoms with Crippen LogP contribution in [0, 0.1) is 0 Å². The molecule has 0 saturated heterocycles. The zero-order chi connectivity index (χ0) is 20.3. The van der Waals surface area contributed by atoms with Gasteiger partial charge in [-0.15, -0.1) is 0 Å². The molecule has 0 unspecified atom stereocenters. The van der Waals surface area contributed by atoms with Crippen LogP contribution in [-0.4, -0.2) is 15.9 Å². The second kappa shape index (κ2) is 8.70. The van der Waals surface area contributed by atoms with Crippen molar-refractivity contribution in [2.24, 2.45) is 0 Å². The molecule has 0 aliphatic rings. The first-order valence-corrected chi connectivity index (χ1v) is 9.20. The lowest BCUT2D eigenvalue weighted by Crippen LogP contribution is -2.30. The molecule has 7 nitrogen and oxygen atoms in total. The molecule has 1 aromatic heterocycles. The lowest BCUT2D eigenvalue weighted by atomic mass is 10.2. The highest BCUT2D eigenvalue weighted by Gasteiger charge is 2.13. The Morgan fingerprint density at radius 2 is 1.54 bits per heavy atom. The van der Waals surface area contributed by atoms with E-state index < -0.39 is 5.91 Å². The van der Waals surface area contributed by atoms with Crippen LogP contribution in [0.2, 0.25) is 20.1 Å². The van der Waals surface area contributed by atoms with Gasteiger partial charge in [-0.25, -0.2) is 9.97 Å². The smallest absolute Gasteiger partial charge is 0.271 e. The number of nitrogen functional groups attached to an aromatic ring is 1. The van der Waals surface area contributed by atoms with Crippen molar-refractivity contribution in [2.45, 2.75) is 0 Å². The summed E-state index contributed by atoms with van der Waals surface area (Å²) < 4.78 is 0. The molecule has 3 aromatic rings. The van der Waals surface area contributed by atoms with Crippen LogP contribution in [-0.2, 0) is 0 Å². The third-order valence-corrected chi connectivity index (χ3v) is 4.63. The Labute approximate surface area is 180 Å². The number of hydrogen-bond acceptors (Lipinski definition) is 6. The second-order valence-electron chi connectivity index (χ2n) is 5.44. The number of carbonyl (C=O) groups excluding carboxylic acids is 1. The van der Waals surface area contributed by atoms with Crippen LogP contribution >= 0.6 is 46.4 Å². The van der Waals surface area contributed by atoms with Gasteiger partial charge in [0.05, 0.1) is 21.3 Å². The minimum Gasteiger partial charge on any atom is -0.393 e. The maximum Gasteiger partial charge on any atom is 0.271 e. The van der Waals surface area contributed by atoms with Crippen LogP contribution in [0.4, 0.5) is 23.0 Å². The molecular formula is C17H12Cl4N6O. The fourth-order valence-corrected chi connectivity index (χ4v) is 3.12. The Hall–Kier alpha value is -2.45. The molecule has 144 valence electrons. The Kier molecular flexibility index (Phi) is 6.31. The fourth-order valence-electron chi connectivity index (χ4n) is 2.17. The highest BCUT2D eigenvalue weighted by Crippen LogP contribution is 2.31. The van der Waals surface area contributed by atoms with Gasteiger partial charge in [0.15, 0.2) is 11.6 Å². The van der Waals surface area contributed by atoms with Gasteiger partial charge in [0.2, 0.25) is 0 Å². The van der Waals surface area contributed by atoms with Crippen molar-refractivity contribution in [3.8, 4) is 0 Å². The van der Waals surface area contributed by atoms with Crippen molar-refractivity contribution in [3.05, 3.63) is 68.4 Å². The van der Waals surface area contributed by atoms with Crippen LogP contribution in [0.1, 0.15) is 10.4 Å². The zero-order valence-electron chi connectivity index (χ0n) is 13.9. The third-order valence-electron chi connectivity index (χ3n) is 3.54. The Morgan fingerprint density at radius 1 is 0.893 bits per heavy atom. The number of hydrogen-bond donors (Lipinski definition) is 4.